The highest BCUT2D eigenvalue weighted by Gasteiger charge is 2.19. The van der Waals surface area contributed by atoms with Gasteiger partial charge in [-0.3, -0.25) is 9.36 Å². The summed E-state index contributed by atoms with van der Waals surface area (Å²) in [5.41, 5.74) is 2.89. The predicted octanol–water partition coefficient (Wildman–Crippen LogP) is 4.30. The topological polar surface area (TPSA) is 77.2 Å². The van der Waals surface area contributed by atoms with E-state index in [4.69, 9.17) is 4.98 Å². The van der Waals surface area contributed by atoms with Crippen molar-refractivity contribution in [3.63, 3.8) is 0 Å². The number of rotatable bonds is 5. The first-order chi connectivity index (χ1) is 16.8. The number of hydrogen-bond acceptors (Lipinski definition) is 4. The molecule has 0 aliphatic rings. The summed E-state index contributed by atoms with van der Waals surface area (Å²) in [5, 5.41) is 1.33. The summed E-state index contributed by atoms with van der Waals surface area (Å²) in [7, 11) is 1.36. The lowest BCUT2D eigenvalue weighted by Crippen LogP contribution is -2.22. The van der Waals surface area contributed by atoms with Crippen LogP contribution in [-0.4, -0.2) is 40.9 Å². The first kappa shape index (κ1) is 22.8. The second-order valence-corrected chi connectivity index (χ2v) is 10.6. The molecule has 0 bridgehead atoms. The molecule has 0 radical (unpaired) electrons. The Morgan fingerprint density at radius 2 is 1.60 bits per heavy atom. The molecule has 0 saturated carbocycles. The maximum atomic E-state index is 13.4. The van der Waals surface area contributed by atoms with Gasteiger partial charge in [0.05, 0.1) is 21.5 Å². The molecular weight excluding hydrogens is 460 g/mol. The predicted molar refractivity (Wildman–Crippen MR) is 140 cm³/mol. The zero-order chi connectivity index (χ0) is 24.7. The summed E-state index contributed by atoms with van der Waals surface area (Å²) < 4.78 is 30.1. The van der Waals surface area contributed by atoms with E-state index in [-0.39, 0.29) is 10.5 Å². The summed E-state index contributed by atoms with van der Waals surface area (Å²) in [6, 6.07) is 21.8. The van der Waals surface area contributed by atoms with E-state index >= 15 is 0 Å². The smallest absolute Gasteiger partial charge is 0.266 e. The molecule has 0 aliphatic heterocycles. The number of aromatic nitrogens is 3. The summed E-state index contributed by atoms with van der Waals surface area (Å²) in [6.45, 7) is 0. The fourth-order valence-corrected chi connectivity index (χ4v) is 5.09. The average Bonchev–Trinajstić information content (AvgIpc) is 3.18. The third-order valence-corrected chi connectivity index (χ3v) is 7.81. The van der Waals surface area contributed by atoms with Crippen LogP contribution in [0.1, 0.15) is 11.4 Å². The lowest BCUT2D eigenvalue weighted by atomic mass is 10.1. The van der Waals surface area contributed by atoms with Gasteiger partial charge in [0.2, 0.25) is 10.0 Å². The quantitative estimate of drug-likeness (QED) is 0.373. The Labute approximate surface area is 203 Å². The van der Waals surface area contributed by atoms with Crippen molar-refractivity contribution in [2.75, 3.05) is 14.1 Å². The summed E-state index contributed by atoms with van der Waals surface area (Å²) >= 11 is 0. The number of para-hydroxylation sites is 2. The van der Waals surface area contributed by atoms with E-state index in [0.717, 1.165) is 16.5 Å². The second-order valence-electron chi connectivity index (χ2n) is 8.46. The summed E-state index contributed by atoms with van der Waals surface area (Å²) in [6.07, 6.45) is 5.59. The van der Waals surface area contributed by atoms with Gasteiger partial charge in [-0.05, 0) is 54.6 Å². The molecule has 0 spiro atoms. The number of sulfonamides is 1. The van der Waals surface area contributed by atoms with Gasteiger partial charge in [-0.15, -0.1) is 0 Å². The molecule has 2 heterocycles. The van der Waals surface area contributed by atoms with Crippen molar-refractivity contribution in [1.82, 2.24) is 18.4 Å². The lowest BCUT2D eigenvalue weighted by molar-refractivity contribution is 0.521. The molecule has 2 aromatic heterocycles. The van der Waals surface area contributed by atoms with Crippen LogP contribution in [0.5, 0.6) is 0 Å². The van der Waals surface area contributed by atoms with Crippen molar-refractivity contribution >= 4 is 44.0 Å². The zero-order valence-corrected chi connectivity index (χ0v) is 20.4. The fraction of sp³-hybridized carbons (Fsp3) is 0.111. The average molecular weight is 485 g/mol. The molecule has 35 heavy (non-hydrogen) atoms. The van der Waals surface area contributed by atoms with Crippen LogP contribution in [-0.2, 0) is 17.1 Å². The van der Waals surface area contributed by atoms with Crippen LogP contribution in [0.3, 0.4) is 0 Å². The minimum atomic E-state index is -3.57. The molecular formula is C27H24N4O3S. The van der Waals surface area contributed by atoms with Gasteiger partial charge in [0.1, 0.15) is 5.82 Å². The Morgan fingerprint density at radius 1 is 0.886 bits per heavy atom. The third-order valence-electron chi connectivity index (χ3n) is 6.00. The van der Waals surface area contributed by atoms with Crippen molar-refractivity contribution < 1.29 is 8.42 Å². The SMILES string of the molecule is CN(C)S(=O)(=O)c1ccc2c(c1)c(C=Cc1nc3ccccc3c(=O)n1-c1ccccc1)cn2C. The van der Waals surface area contributed by atoms with Crippen molar-refractivity contribution in [2.24, 2.45) is 7.05 Å². The Kier molecular flexibility index (Phi) is 5.62. The highest BCUT2D eigenvalue weighted by molar-refractivity contribution is 7.89. The van der Waals surface area contributed by atoms with Gasteiger partial charge in [-0.25, -0.2) is 17.7 Å². The molecule has 0 saturated heterocycles. The Hall–Kier alpha value is -4.01. The van der Waals surface area contributed by atoms with E-state index in [1.54, 1.807) is 34.9 Å². The number of fused-ring (bicyclic) bond motifs is 2. The Balaban J connectivity index is 1.70. The molecule has 0 unspecified atom stereocenters. The van der Waals surface area contributed by atoms with Gasteiger partial charge in [-0.2, -0.15) is 0 Å². The van der Waals surface area contributed by atoms with E-state index in [2.05, 4.69) is 0 Å². The highest BCUT2D eigenvalue weighted by Crippen LogP contribution is 2.27. The van der Waals surface area contributed by atoms with Crippen LogP contribution in [0.15, 0.2) is 88.7 Å². The van der Waals surface area contributed by atoms with Crippen LogP contribution in [0.25, 0.3) is 39.6 Å². The minimum absolute atomic E-state index is 0.154. The van der Waals surface area contributed by atoms with Crippen LogP contribution in [0.2, 0.25) is 0 Å². The number of hydrogen-bond donors (Lipinski definition) is 0. The van der Waals surface area contributed by atoms with E-state index in [1.165, 1.54) is 18.4 Å². The molecule has 0 fully saturated rings. The maximum Gasteiger partial charge on any atom is 0.266 e. The standard InChI is InChI=1S/C27H24N4O3S/c1-29(2)35(33,34)21-14-15-25-23(17-21)19(18-30(25)3)13-16-26-28-24-12-8-7-11-22(24)27(32)31(26)20-9-5-4-6-10-20/h4-18H,1-3H3. The summed E-state index contributed by atoms with van der Waals surface area (Å²) in [4.78, 5) is 18.4. The van der Waals surface area contributed by atoms with Gasteiger partial charge in [0, 0.05) is 43.8 Å². The van der Waals surface area contributed by atoms with E-state index < -0.39 is 10.0 Å². The molecule has 0 N–H and O–H groups in total. The zero-order valence-electron chi connectivity index (χ0n) is 19.6. The summed E-state index contributed by atoms with van der Waals surface area (Å²) in [5.74, 6) is 0.481. The Bertz CT molecular complexity index is 1770. The molecule has 7 nitrogen and oxygen atoms in total. The van der Waals surface area contributed by atoms with Crippen LogP contribution < -0.4 is 5.56 Å². The van der Waals surface area contributed by atoms with Crippen LogP contribution in [0, 0.1) is 0 Å². The van der Waals surface area contributed by atoms with E-state index in [0.29, 0.717) is 22.4 Å². The monoisotopic (exact) mass is 484 g/mol. The molecule has 3 aromatic carbocycles. The largest absolute Gasteiger partial charge is 0.350 e. The maximum absolute atomic E-state index is 13.4. The van der Waals surface area contributed by atoms with Gasteiger partial charge in [-0.1, -0.05) is 30.3 Å². The van der Waals surface area contributed by atoms with Gasteiger partial charge >= 0.3 is 0 Å². The molecule has 0 atom stereocenters. The van der Waals surface area contributed by atoms with Crippen LogP contribution >= 0.6 is 0 Å². The van der Waals surface area contributed by atoms with Crippen molar-refractivity contribution in [2.45, 2.75) is 4.90 Å². The third kappa shape index (κ3) is 3.96. The molecule has 0 aliphatic carbocycles. The molecule has 5 aromatic rings. The first-order valence-corrected chi connectivity index (χ1v) is 12.5. The molecule has 8 heteroatoms. The Morgan fingerprint density at radius 3 is 2.34 bits per heavy atom. The van der Waals surface area contributed by atoms with E-state index in [1.807, 2.05) is 72.4 Å². The minimum Gasteiger partial charge on any atom is -0.350 e. The number of benzene rings is 3. The molecule has 176 valence electrons. The second kappa shape index (κ2) is 8.65. The van der Waals surface area contributed by atoms with Crippen molar-refractivity contribution in [3.8, 4) is 5.69 Å². The van der Waals surface area contributed by atoms with Gasteiger partial charge in [0.25, 0.3) is 5.56 Å². The molecule has 5 rings (SSSR count). The van der Waals surface area contributed by atoms with Crippen molar-refractivity contribution in [3.05, 3.63) is 101 Å². The van der Waals surface area contributed by atoms with Gasteiger partial charge < -0.3 is 4.57 Å². The van der Waals surface area contributed by atoms with Gasteiger partial charge in [0.15, 0.2) is 0 Å². The first-order valence-electron chi connectivity index (χ1n) is 11.0. The lowest BCUT2D eigenvalue weighted by Gasteiger charge is -2.12. The fourth-order valence-electron chi connectivity index (χ4n) is 4.16. The molecule has 0 amide bonds. The van der Waals surface area contributed by atoms with Crippen molar-refractivity contribution in [1.29, 1.82) is 0 Å². The van der Waals surface area contributed by atoms with E-state index in [9.17, 15) is 13.2 Å². The number of nitrogens with zero attached hydrogens (tertiary/aromatic N) is 4. The normalized spacial score (nSPS) is 12.3. The van der Waals surface area contributed by atoms with Crippen LogP contribution in [0.4, 0.5) is 0 Å². The highest BCUT2D eigenvalue weighted by atomic mass is 32.2. The number of aryl methyl sites for hydroxylation is 1.